The van der Waals surface area contributed by atoms with Crippen molar-refractivity contribution in [2.24, 2.45) is 0 Å². The van der Waals surface area contributed by atoms with Gasteiger partial charge in [-0.05, 0) is 49.1 Å². The van der Waals surface area contributed by atoms with Crippen molar-refractivity contribution < 1.29 is 9.59 Å². The van der Waals surface area contributed by atoms with E-state index in [1.165, 1.54) is 31.2 Å². The lowest BCUT2D eigenvalue weighted by molar-refractivity contribution is -0.116. The Hall–Kier alpha value is -3.41. The molecule has 0 aliphatic rings. The number of benzene rings is 2. The zero-order valence-corrected chi connectivity index (χ0v) is 23.1. The van der Waals surface area contributed by atoms with Crippen molar-refractivity contribution in [3.8, 4) is 5.69 Å². The molecule has 0 fully saturated rings. The first-order valence-electron chi connectivity index (χ1n) is 13.6. The van der Waals surface area contributed by atoms with Crippen molar-refractivity contribution in [2.45, 2.75) is 78.6 Å². The number of aryl methyl sites for hydroxylation is 1. The first-order chi connectivity index (χ1) is 17.7. The van der Waals surface area contributed by atoms with Gasteiger partial charge in [0.15, 0.2) is 0 Å². The Bertz CT molecular complexity index is 1140. The van der Waals surface area contributed by atoms with Crippen molar-refractivity contribution in [1.29, 1.82) is 0 Å². The monoisotopic (exact) mass is 502 g/mol. The van der Waals surface area contributed by atoms with Crippen LogP contribution in [0.2, 0.25) is 0 Å². The molecule has 1 N–H and O–H groups in total. The van der Waals surface area contributed by atoms with E-state index in [0.29, 0.717) is 17.9 Å². The van der Waals surface area contributed by atoms with E-state index in [9.17, 15) is 9.59 Å². The summed E-state index contributed by atoms with van der Waals surface area (Å²) in [4.78, 5) is 28.1. The summed E-state index contributed by atoms with van der Waals surface area (Å²) in [5.74, 6) is 0.228. The molecule has 0 radical (unpaired) electrons. The van der Waals surface area contributed by atoms with E-state index in [4.69, 9.17) is 5.10 Å². The van der Waals surface area contributed by atoms with Crippen LogP contribution in [0.5, 0.6) is 0 Å². The van der Waals surface area contributed by atoms with Crippen molar-refractivity contribution in [3.63, 3.8) is 0 Å². The molecule has 0 aliphatic heterocycles. The number of nitrogens with one attached hydrogen (secondary N) is 1. The average Bonchev–Trinajstić information content (AvgIpc) is 3.31. The van der Waals surface area contributed by atoms with Gasteiger partial charge in [-0.2, -0.15) is 5.10 Å². The van der Waals surface area contributed by atoms with Crippen molar-refractivity contribution in [1.82, 2.24) is 14.7 Å². The zero-order chi connectivity index (χ0) is 26.8. The van der Waals surface area contributed by atoms with E-state index < -0.39 is 0 Å². The number of hydrogen-bond acceptors (Lipinski definition) is 3. The molecule has 3 aromatic rings. The molecule has 0 unspecified atom stereocenters. The van der Waals surface area contributed by atoms with Crippen LogP contribution in [-0.4, -0.2) is 39.6 Å². The highest BCUT2D eigenvalue weighted by Gasteiger charge is 2.23. The van der Waals surface area contributed by atoms with Crippen LogP contribution in [0.3, 0.4) is 0 Å². The fourth-order valence-corrected chi connectivity index (χ4v) is 4.23. The molecule has 1 heterocycles. The van der Waals surface area contributed by atoms with Gasteiger partial charge in [-0.1, -0.05) is 84.2 Å². The molecule has 198 valence electrons. The van der Waals surface area contributed by atoms with E-state index in [0.717, 1.165) is 24.2 Å². The van der Waals surface area contributed by atoms with Crippen LogP contribution < -0.4 is 5.32 Å². The molecule has 0 atom stereocenters. The molecular formula is C31H42N4O2. The van der Waals surface area contributed by atoms with Gasteiger partial charge in [-0.25, -0.2) is 4.68 Å². The number of hydrogen-bond donors (Lipinski definition) is 1. The second kappa shape index (κ2) is 13.2. The number of unbranched alkanes of at least 4 members (excludes halogenated alkanes) is 3. The van der Waals surface area contributed by atoms with E-state index in [2.05, 4.69) is 33.0 Å². The number of aromatic nitrogens is 2. The first-order valence-corrected chi connectivity index (χ1v) is 13.6. The summed E-state index contributed by atoms with van der Waals surface area (Å²) in [5.41, 5.74) is 3.43. The van der Waals surface area contributed by atoms with Crippen molar-refractivity contribution in [2.75, 3.05) is 18.4 Å². The third kappa shape index (κ3) is 8.04. The third-order valence-electron chi connectivity index (χ3n) is 6.38. The van der Waals surface area contributed by atoms with Crippen LogP contribution in [0.25, 0.3) is 5.69 Å². The Morgan fingerprint density at radius 3 is 2.24 bits per heavy atom. The second-order valence-electron chi connectivity index (χ2n) is 10.7. The third-order valence-corrected chi connectivity index (χ3v) is 6.38. The van der Waals surface area contributed by atoms with Gasteiger partial charge in [0, 0.05) is 23.6 Å². The lowest BCUT2D eigenvalue weighted by Gasteiger charge is -2.22. The molecule has 0 aliphatic carbocycles. The van der Waals surface area contributed by atoms with Gasteiger partial charge in [0.2, 0.25) is 5.91 Å². The molecule has 0 saturated carbocycles. The van der Waals surface area contributed by atoms with Gasteiger partial charge >= 0.3 is 0 Å². The normalized spacial score (nSPS) is 11.4. The van der Waals surface area contributed by atoms with Crippen molar-refractivity contribution >= 4 is 17.6 Å². The van der Waals surface area contributed by atoms with Gasteiger partial charge in [-0.15, -0.1) is 0 Å². The van der Waals surface area contributed by atoms with E-state index in [-0.39, 0.29) is 23.8 Å². The average molecular weight is 503 g/mol. The van der Waals surface area contributed by atoms with Crippen LogP contribution in [-0.2, 0) is 16.6 Å². The Morgan fingerprint density at radius 1 is 0.919 bits per heavy atom. The summed E-state index contributed by atoms with van der Waals surface area (Å²) in [6.07, 6.45) is 6.68. The summed E-state index contributed by atoms with van der Waals surface area (Å²) in [7, 11) is 0. The summed E-state index contributed by atoms with van der Waals surface area (Å²) >= 11 is 0. The molecule has 3 rings (SSSR count). The predicted molar refractivity (Wildman–Crippen MR) is 151 cm³/mol. The maximum atomic E-state index is 13.3. The number of anilines is 1. The number of amides is 2. The Morgan fingerprint density at radius 2 is 1.62 bits per heavy atom. The standard InChI is InChI=1S/C31H42N4O2/c1-6-8-9-11-14-24-17-19-25(20-18-24)30(37)34(21-7-2)23-29(36)32-28-22-27(31(3,4)5)33-35(28)26-15-12-10-13-16-26/h10,12-13,15-20,22H,6-9,11,14,21,23H2,1-5H3,(H,32,36). The van der Waals surface area contributed by atoms with Gasteiger partial charge < -0.3 is 10.2 Å². The molecule has 1 aromatic heterocycles. The van der Waals surface area contributed by atoms with Crippen LogP contribution in [0.4, 0.5) is 5.82 Å². The molecule has 2 amide bonds. The number of nitrogens with zero attached hydrogens (tertiary/aromatic N) is 3. The minimum absolute atomic E-state index is 0.0176. The zero-order valence-electron chi connectivity index (χ0n) is 23.1. The molecule has 2 aromatic carbocycles. The van der Waals surface area contributed by atoms with Crippen LogP contribution in [0, 0.1) is 0 Å². The predicted octanol–water partition coefficient (Wildman–Crippen LogP) is 6.78. The maximum Gasteiger partial charge on any atom is 0.254 e. The molecule has 0 spiro atoms. The Balaban J connectivity index is 1.72. The quantitative estimate of drug-likeness (QED) is 0.278. The lowest BCUT2D eigenvalue weighted by atomic mass is 9.92. The minimum atomic E-state index is -0.244. The van der Waals surface area contributed by atoms with Crippen LogP contribution in [0.15, 0.2) is 60.7 Å². The molecule has 6 nitrogen and oxygen atoms in total. The minimum Gasteiger partial charge on any atom is -0.329 e. The van der Waals surface area contributed by atoms with Crippen LogP contribution in [0.1, 0.15) is 88.3 Å². The molecular weight excluding hydrogens is 460 g/mol. The van der Waals surface area contributed by atoms with E-state index in [1.807, 2.05) is 67.6 Å². The highest BCUT2D eigenvalue weighted by Crippen LogP contribution is 2.26. The number of rotatable bonds is 12. The van der Waals surface area contributed by atoms with Gasteiger partial charge in [-0.3, -0.25) is 9.59 Å². The van der Waals surface area contributed by atoms with Gasteiger partial charge in [0.25, 0.3) is 5.91 Å². The smallest absolute Gasteiger partial charge is 0.254 e. The summed E-state index contributed by atoms with van der Waals surface area (Å²) in [5, 5.41) is 7.77. The van der Waals surface area contributed by atoms with Gasteiger partial charge in [0.1, 0.15) is 12.4 Å². The fourth-order valence-electron chi connectivity index (χ4n) is 4.23. The number of para-hydroxylation sites is 1. The van der Waals surface area contributed by atoms with Crippen LogP contribution >= 0.6 is 0 Å². The fraction of sp³-hybridized carbons (Fsp3) is 0.452. The summed E-state index contributed by atoms with van der Waals surface area (Å²) < 4.78 is 1.75. The molecule has 0 bridgehead atoms. The van der Waals surface area contributed by atoms with Gasteiger partial charge in [0.05, 0.1) is 11.4 Å². The summed E-state index contributed by atoms with van der Waals surface area (Å²) in [6.45, 7) is 11.0. The maximum absolute atomic E-state index is 13.3. The molecule has 37 heavy (non-hydrogen) atoms. The highest BCUT2D eigenvalue weighted by atomic mass is 16.2. The molecule has 0 saturated heterocycles. The topological polar surface area (TPSA) is 67.2 Å². The molecule has 6 heteroatoms. The number of carbonyl (C=O) groups is 2. The Labute approximate surface area is 222 Å². The number of carbonyl (C=O) groups excluding carboxylic acids is 2. The van der Waals surface area contributed by atoms with Crippen molar-refractivity contribution in [3.05, 3.63) is 77.5 Å². The van der Waals surface area contributed by atoms with E-state index >= 15 is 0 Å². The second-order valence-corrected chi connectivity index (χ2v) is 10.7. The lowest BCUT2D eigenvalue weighted by Crippen LogP contribution is -2.38. The SMILES string of the molecule is CCCCCCc1ccc(C(=O)N(CCC)CC(=O)Nc2cc(C(C)(C)C)nn2-c2ccccc2)cc1. The Kier molecular flexibility index (Phi) is 10.1. The van der Waals surface area contributed by atoms with E-state index in [1.54, 1.807) is 9.58 Å². The highest BCUT2D eigenvalue weighted by molar-refractivity contribution is 5.99. The summed E-state index contributed by atoms with van der Waals surface area (Å²) in [6, 6.07) is 19.5. The largest absolute Gasteiger partial charge is 0.329 e. The first kappa shape index (κ1) is 28.2.